The molecule has 0 aliphatic rings. The molecule has 2 N–H and O–H groups in total. The molecule has 2 aromatic carbocycles. The van der Waals surface area contributed by atoms with Gasteiger partial charge in [-0.2, -0.15) is 0 Å². The zero-order valence-electron chi connectivity index (χ0n) is 16.0. The van der Waals surface area contributed by atoms with Gasteiger partial charge in [-0.25, -0.2) is 4.79 Å². The Balaban J connectivity index is 1.81. The van der Waals surface area contributed by atoms with Crippen molar-refractivity contribution in [2.75, 3.05) is 0 Å². The van der Waals surface area contributed by atoms with Crippen molar-refractivity contribution in [2.45, 2.75) is 51.8 Å². The molecule has 0 radical (unpaired) electrons. The zero-order chi connectivity index (χ0) is 19.5. The van der Waals surface area contributed by atoms with Crippen LogP contribution >= 0.6 is 0 Å². The van der Waals surface area contributed by atoms with E-state index in [2.05, 4.69) is 10.6 Å². The van der Waals surface area contributed by atoms with E-state index in [0.29, 0.717) is 6.42 Å². The van der Waals surface area contributed by atoms with Crippen LogP contribution in [-0.4, -0.2) is 18.0 Å². The summed E-state index contributed by atoms with van der Waals surface area (Å²) in [5.41, 5.74) is 1.97. The summed E-state index contributed by atoms with van der Waals surface area (Å²) in [6.45, 7) is 4.18. The van der Waals surface area contributed by atoms with E-state index in [4.69, 9.17) is 4.74 Å². The van der Waals surface area contributed by atoms with Gasteiger partial charge >= 0.3 is 6.09 Å². The first-order valence-electron chi connectivity index (χ1n) is 9.40. The molecular formula is C22H28N2O3. The van der Waals surface area contributed by atoms with Crippen LogP contribution in [0.2, 0.25) is 0 Å². The number of hydrogen-bond donors (Lipinski definition) is 2. The van der Waals surface area contributed by atoms with Crippen LogP contribution in [0.25, 0.3) is 0 Å². The average Bonchev–Trinajstić information content (AvgIpc) is 2.68. The Kier molecular flexibility index (Phi) is 8.36. The van der Waals surface area contributed by atoms with Crippen LogP contribution in [0, 0.1) is 0 Å². The van der Waals surface area contributed by atoms with Gasteiger partial charge < -0.3 is 15.4 Å². The Labute approximate surface area is 161 Å². The molecule has 2 atom stereocenters. The molecule has 5 nitrogen and oxygen atoms in total. The molecule has 2 amide bonds. The highest BCUT2D eigenvalue weighted by atomic mass is 16.5. The standard InChI is InChI=1S/C22H28N2O3/c1-3-10-20(24-22(26)27-16-18-11-6-4-7-12-18)15-21(25)23-17(2)19-13-8-5-9-14-19/h4-9,11-14,17,20H,3,10,15-16H2,1-2H3,(H,23,25)(H,24,26)/t17?,20-/m0/s1. The van der Waals surface area contributed by atoms with Crippen LogP contribution in [0.15, 0.2) is 60.7 Å². The molecule has 0 aromatic heterocycles. The zero-order valence-corrected chi connectivity index (χ0v) is 16.0. The first-order valence-corrected chi connectivity index (χ1v) is 9.40. The molecular weight excluding hydrogens is 340 g/mol. The fraction of sp³-hybridized carbons (Fsp3) is 0.364. The minimum absolute atomic E-state index is 0.0778. The molecule has 0 heterocycles. The van der Waals surface area contributed by atoms with Crippen molar-refractivity contribution in [3.63, 3.8) is 0 Å². The molecule has 2 aromatic rings. The number of amides is 2. The maximum atomic E-state index is 12.4. The minimum Gasteiger partial charge on any atom is -0.445 e. The topological polar surface area (TPSA) is 67.4 Å². The second-order valence-corrected chi connectivity index (χ2v) is 6.60. The molecule has 27 heavy (non-hydrogen) atoms. The predicted octanol–water partition coefficient (Wildman–Crippen LogP) is 4.35. The number of nitrogens with one attached hydrogen (secondary N) is 2. The fourth-order valence-electron chi connectivity index (χ4n) is 2.85. The summed E-state index contributed by atoms with van der Waals surface area (Å²) in [5, 5.41) is 5.80. The number of ether oxygens (including phenoxy) is 1. The van der Waals surface area contributed by atoms with Crippen molar-refractivity contribution in [3.8, 4) is 0 Å². The van der Waals surface area contributed by atoms with Gasteiger partial charge in [0.2, 0.25) is 5.91 Å². The van der Waals surface area contributed by atoms with Crippen molar-refractivity contribution >= 4 is 12.0 Å². The summed E-state index contributed by atoms with van der Waals surface area (Å²) in [6.07, 6.45) is 1.31. The smallest absolute Gasteiger partial charge is 0.407 e. The summed E-state index contributed by atoms with van der Waals surface area (Å²) >= 11 is 0. The quantitative estimate of drug-likeness (QED) is 0.691. The number of benzene rings is 2. The summed E-state index contributed by atoms with van der Waals surface area (Å²) in [4.78, 5) is 24.4. The van der Waals surface area contributed by atoms with E-state index in [1.165, 1.54) is 0 Å². The normalized spacial score (nSPS) is 12.7. The van der Waals surface area contributed by atoms with Crippen LogP contribution in [-0.2, 0) is 16.1 Å². The highest BCUT2D eigenvalue weighted by Crippen LogP contribution is 2.12. The van der Waals surface area contributed by atoms with E-state index >= 15 is 0 Å². The van der Waals surface area contributed by atoms with E-state index in [-0.39, 0.29) is 31.0 Å². The number of rotatable bonds is 9. The third-order valence-corrected chi connectivity index (χ3v) is 4.28. The molecule has 0 saturated carbocycles. The van der Waals surface area contributed by atoms with Gasteiger partial charge in [-0.15, -0.1) is 0 Å². The fourth-order valence-corrected chi connectivity index (χ4v) is 2.85. The van der Waals surface area contributed by atoms with Crippen molar-refractivity contribution in [1.82, 2.24) is 10.6 Å². The molecule has 0 aliphatic heterocycles. The van der Waals surface area contributed by atoms with E-state index in [1.54, 1.807) is 0 Å². The number of hydrogen-bond acceptors (Lipinski definition) is 3. The van der Waals surface area contributed by atoms with E-state index in [0.717, 1.165) is 17.5 Å². The molecule has 0 bridgehead atoms. The SMILES string of the molecule is CCC[C@@H](CC(=O)NC(C)c1ccccc1)NC(=O)OCc1ccccc1. The summed E-state index contributed by atoms with van der Waals surface area (Å²) < 4.78 is 5.26. The lowest BCUT2D eigenvalue weighted by Crippen LogP contribution is -2.39. The third kappa shape index (κ3) is 7.52. The molecule has 0 aliphatic carbocycles. The van der Waals surface area contributed by atoms with Gasteiger partial charge in [0, 0.05) is 12.5 Å². The Morgan fingerprint density at radius 3 is 2.22 bits per heavy atom. The third-order valence-electron chi connectivity index (χ3n) is 4.28. The van der Waals surface area contributed by atoms with Crippen molar-refractivity contribution in [3.05, 3.63) is 71.8 Å². The summed E-state index contributed by atoms with van der Waals surface area (Å²) in [7, 11) is 0. The Bertz CT molecular complexity index is 704. The van der Waals surface area contributed by atoms with Gasteiger partial charge in [0.15, 0.2) is 0 Å². The molecule has 0 fully saturated rings. The number of alkyl carbamates (subject to hydrolysis) is 1. The largest absolute Gasteiger partial charge is 0.445 e. The molecule has 0 saturated heterocycles. The summed E-state index contributed by atoms with van der Waals surface area (Å²) in [5.74, 6) is -0.0897. The van der Waals surface area contributed by atoms with Crippen LogP contribution in [0.1, 0.15) is 50.3 Å². The van der Waals surface area contributed by atoms with Gasteiger partial charge in [0.25, 0.3) is 0 Å². The van der Waals surface area contributed by atoms with Gasteiger partial charge in [-0.3, -0.25) is 4.79 Å². The monoisotopic (exact) mass is 368 g/mol. The lowest BCUT2D eigenvalue weighted by molar-refractivity contribution is -0.122. The molecule has 1 unspecified atom stereocenters. The van der Waals surface area contributed by atoms with Gasteiger partial charge in [0.1, 0.15) is 6.61 Å². The average molecular weight is 368 g/mol. The first-order chi connectivity index (χ1) is 13.1. The number of carbonyl (C=O) groups is 2. The van der Waals surface area contributed by atoms with E-state index in [9.17, 15) is 9.59 Å². The summed E-state index contributed by atoms with van der Waals surface area (Å²) in [6, 6.07) is 19.0. The van der Waals surface area contributed by atoms with Crippen LogP contribution in [0.3, 0.4) is 0 Å². The van der Waals surface area contributed by atoms with Crippen LogP contribution in [0.5, 0.6) is 0 Å². The molecule has 144 valence electrons. The maximum absolute atomic E-state index is 12.4. The van der Waals surface area contributed by atoms with Gasteiger partial charge in [-0.05, 0) is 24.5 Å². The first kappa shape index (κ1) is 20.5. The van der Waals surface area contributed by atoms with Gasteiger partial charge in [-0.1, -0.05) is 74.0 Å². The minimum atomic E-state index is -0.499. The Hall–Kier alpha value is -2.82. The molecule has 0 spiro atoms. The Morgan fingerprint density at radius 1 is 0.963 bits per heavy atom. The van der Waals surface area contributed by atoms with Crippen molar-refractivity contribution < 1.29 is 14.3 Å². The van der Waals surface area contributed by atoms with Crippen molar-refractivity contribution in [2.24, 2.45) is 0 Å². The maximum Gasteiger partial charge on any atom is 0.407 e. The predicted molar refractivity (Wildman–Crippen MR) is 106 cm³/mol. The van der Waals surface area contributed by atoms with Gasteiger partial charge in [0.05, 0.1) is 6.04 Å². The van der Waals surface area contributed by atoms with Crippen LogP contribution < -0.4 is 10.6 Å². The number of carbonyl (C=O) groups excluding carboxylic acids is 2. The highest BCUT2D eigenvalue weighted by molar-refractivity contribution is 5.78. The second kappa shape index (κ2) is 11.0. The molecule has 2 rings (SSSR count). The second-order valence-electron chi connectivity index (χ2n) is 6.60. The lowest BCUT2D eigenvalue weighted by atomic mass is 10.1. The van der Waals surface area contributed by atoms with E-state index < -0.39 is 6.09 Å². The van der Waals surface area contributed by atoms with Crippen molar-refractivity contribution in [1.29, 1.82) is 0 Å². The molecule has 5 heteroatoms. The highest BCUT2D eigenvalue weighted by Gasteiger charge is 2.18. The van der Waals surface area contributed by atoms with E-state index in [1.807, 2.05) is 74.5 Å². The van der Waals surface area contributed by atoms with Crippen LogP contribution in [0.4, 0.5) is 4.79 Å². The Morgan fingerprint density at radius 2 is 1.59 bits per heavy atom. The lowest BCUT2D eigenvalue weighted by Gasteiger charge is -2.20.